The van der Waals surface area contributed by atoms with Gasteiger partial charge >= 0.3 is 6.18 Å². The molecule has 1 aromatic carbocycles. The predicted molar refractivity (Wildman–Crippen MR) is 76.8 cm³/mol. The highest BCUT2D eigenvalue weighted by atomic mass is 19.4. The zero-order chi connectivity index (χ0) is 15.7. The minimum Gasteiger partial charge on any atom is -0.337 e. The molecule has 0 radical (unpaired) electrons. The molecule has 0 fully saturated rings. The minimum atomic E-state index is -4.45. The number of fused-ring (bicyclic) bond motifs is 1. The molecule has 2 heterocycles. The van der Waals surface area contributed by atoms with E-state index in [2.05, 4.69) is 20.5 Å². The highest BCUT2D eigenvalue weighted by Gasteiger charge is 2.32. The first-order valence-electron chi connectivity index (χ1n) is 6.47. The Kier molecular flexibility index (Phi) is 3.40. The molecule has 3 rings (SSSR count). The molecular weight excluding hydrogens is 293 g/mol. The number of halogens is 3. The number of rotatable bonds is 2. The van der Waals surface area contributed by atoms with Gasteiger partial charge in [0.2, 0.25) is 0 Å². The van der Waals surface area contributed by atoms with Gasteiger partial charge in [-0.1, -0.05) is 24.3 Å². The molecule has 0 bridgehead atoms. The maximum atomic E-state index is 12.5. The molecule has 0 amide bonds. The van der Waals surface area contributed by atoms with Crippen molar-refractivity contribution in [1.82, 2.24) is 15.2 Å². The number of alkyl halides is 3. The second-order valence-corrected chi connectivity index (χ2v) is 4.73. The highest BCUT2D eigenvalue weighted by molar-refractivity contribution is 5.94. The van der Waals surface area contributed by atoms with Gasteiger partial charge in [-0.2, -0.15) is 18.3 Å². The summed E-state index contributed by atoms with van der Waals surface area (Å²) < 4.78 is 37.5. The molecule has 2 aromatic heterocycles. The normalized spacial score (nSPS) is 11.6. The van der Waals surface area contributed by atoms with E-state index in [1.165, 1.54) is 6.07 Å². The maximum absolute atomic E-state index is 12.5. The average molecular weight is 304 g/mol. The fourth-order valence-corrected chi connectivity index (χ4v) is 2.10. The van der Waals surface area contributed by atoms with Crippen LogP contribution in [0.5, 0.6) is 0 Å². The van der Waals surface area contributed by atoms with Gasteiger partial charge in [0, 0.05) is 10.8 Å². The van der Waals surface area contributed by atoms with Gasteiger partial charge in [0.05, 0.1) is 17.6 Å². The summed E-state index contributed by atoms with van der Waals surface area (Å²) in [5.74, 6) is 0.475. The number of aromatic nitrogens is 3. The van der Waals surface area contributed by atoms with E-state index in [0.29, 0.717) is 11.5 Å². The van der Waals surface area contributed by atoms with Crippen molar-refractivity contribution in [3.8, 4) is 0 Å². The third kappa shape index (κ3) is 2.69. The van der Waals surface area contributed by atoms with Gasteiger partial charge in [0.1, 0.15) is 5.69 Å². The van der Waals surface area contributed by atoms with Crippen LogP contribution in [-0.2, 0) is 6.18 Å². The molecule has 3 aromatic rings. The molecule has 0 aliphatic carbocycles. The van der Waals surface area contributed by atoms with Crippen LogP contribution in [0.2, 0.25) is 0 Å². The SMILES string of the molecule is Cc1nnc(Nc2ccc(C(F)(F)F)nc2)c2ccccc12. The number of hydrogen-bond acceptors (Lipinski definition) is 4. The van der Waals surface area contributed by atoms with Crippen molar-refractivity contribution >= 4 is 22.3 Å². The summed E-state index contributed by atoms with van der Waals surface area (Å²) >= 11 is 0. The Morgan fingerprint density at radius 1 is 0.955 bits per heavy atom. The lowest BCUT2D eigenvalue weighted by Gasteiger charge is -2.10. The van der Waals surface area contributed by atoms with Crippen LogP contribution in [0.1, 0.15) is 11.4 Å². The summed E-state index contributed by atoms with van der Waals surface area (Å²) in [6.07, 6.45) is -3.33. The predicted octanol–water partition coefficient (Wildman–Crippen LogP) is 4.10. The first-order valence-corrected chi connectivity index (χ1v) is 6.47. The van der Waals surface area contributed by atoms with Gasteiger partial charge < -0.3 is 5.32 Å². The third-order valence-corrected chi connectivity index (χ3v) is 3.19. The van der Waals surface area contributed by atoms with Crippen molar-refractivity contribution in [1.29, 1.82) is 0 Å². The van der Waals surface area contributed by atoms with Gasteiger partial charge in [0.25, 0.3) is 0 Å². The van der Waals surface area contributed by atoms with E-state index in [1.54, 1.807) is 0 Å². The van der Waals surface area contributed by atoms with Gasteiger partial charge in [0.15, 0.2) is 5.82 Å². The lowest BCUT2D eigenvalue weighted by atomic mass is 10.1. The second-order valence-electron chi connectivity index (χ2n) is 4.73. The average Bonchev–Trinajstić information content (AvgIpc) is 2.50. The maximum Gasteiger partial charge on any atom is 0.433 e. The fraction of sp³-hybridized carbons (Fsp3) is 0.133. The quantitative estimate of drug-likeness (QED) is 0.774. The Morgan fingerprint density at radius 2 is 1.68 bits per heavy atom. The molecule has 22 heavy (non-hydrogen) atoms. The number of anilines is 2. The molecule has 0 saturated carbocycles. The van der Waals surface area contributed by atoms with Crippen molar-refractivity contribution in [2.24, 2.45) is 0 Å². The van der Waals surface area contributed by atoms with Gasteiger partial charge in [-0.05, 0) is 19.1 Å². The Bertz CT molecular complexity index is 813. The van der Waals surface area contributed by atoms with E-state index in [9.17, 15) is 13.2 Å². The number of nitrogens with zero attached hydrogens (tertiary/aromatic N) is 3. The first-order chi connectivity index (χ1) is 10.4. The minimum absolute atomic E-state index is 0.413. The first kappa shape index (κ1) is 14.2. The number of benzene rings is 1. The van der Waals surface area contributed by atoms with E-state index in [-0.39, 0.29) is 0 Å². The standard InChI is InChI=1S/C15H11F3N4/c1-9-11-4-2-3-5-12(11)14(22-21-9)20-10-6-7-13(19-8-10)15(16,17)18/h2-8H,1H3,(H,20,22). The summed E-state index contributed by atoms with van der Waals surface area (Å²) in [7, 11) is 0. The molecule has 0 saturated heterocycles. The lowest BCUT2D eigenvalue weighted by Crippen LogP contribution is -2.07. The summed E-state index contributed by atoms with van der Waals surface area (Å²) in [5.41, 5.74) is 0.265. The molecule has 112 valence electrons. The molecule has 0 aliphatic rings. The van der Waals surface area contributed by atoms with Crippen molar-refractivity contribution in [2.75, 3.05) is 5.32 Å². The zero-order valence-corrected chi connectivity index (χ0v) is 11.5. The Morgan fingerprint density at radius 3 is 2.32 bits per heavy atom. The molecule has 4 nitrogen and oxygen atoms in total. The smallest absolute Gasteiger partial charge is 0.337 e. The van der Waals surface area contributed by atoms with E-state index in [1.807, 2.05) is 31.2 Å². The van der Waals surface area contributed by atoms with Crippen molar-refractivity contribution in [2.45, 2.75) is 13.1 Å². The number of aryl methyl sites for hydroxylation is 1. The third-order valence-electron chi connectivity index (χ3n) is 3.19. The van der Waals surface area contributed by atoms with Crippen LogP contribution in [0, 0.1) is 6.92 Å². The van der Waals surface area contributed by atoms with E-state index in [4.69, 9.17) is 0 Å². The van der Waals surface area contributed by atoms with Crippen molar-refractivity contribution in [3.05, 3.63) is 54.0 Å². The largest absolute Gasteiger partial charge is 0.433 e. The molecule has 7 heteroatoms. The molecule has 0 unspecified atom stereocenters. The number of nitrogens with one attached hydrogen (secondary N) is 1. The molecule has 0 spiro atoms. The lowest BCUT2D eigenvalue weighted by molar-refractivity contribution is -0.141. The van der Waals surface area contributed by atoms with Crippen LogP contribution < -0.4 is 5.32 Å². The van der Waals surface area contributed by atoms with Crippen LogP contribution >= 0.6 is 0 Å². The molecule has 1 N–H and O–H groups in total. The Hall–Kier alpha value is -2.70. The van der Waals surface area contributed by atoms with Crippen molar-refractivity contribution < 1.29 is 13.2 Å². The monoisotopic (exact) mass is 304 g/mol. The van der Waals surface area contributed by atoms with E-state index >= 15 is 0 Å². The molecule has 0 atom stereocenters. The highest BCUT2D eigenvalue weighted by Crippen LogP contribution is 2.29. The van der Waals surface area contributed by atoms with Gasteiger partial charge in [-0.3, -0.25) is 0 Å². The summed E-state index contributed by atoms with van der Waals surface area (Å²) in [6, 6.07) is 9.77. The Labute approximate surface area is 124 Å². The number of pyridine rings is 1. The van der Waals surface area contributed by atoms with E-state index in [0.717, 1.165) is 28.7 Å². The summed E-state index contributed by atoms with van der Waals surface area (Å²) in [6.45, 7) is 1.85. The zero-order valence-electron chi connectivity index (χ0n) is 11.5. The molecule has 0 aliphatic heterocycles. The second kappa shape index (κ2) is 5.25. The van der Waals surface area contributed by atoms with Crippen LogP contribution in [0.25, 0.3) is 10.8 Å². The molecular formula is C15H11F3N4. The topological polar surface area (TPSA) is 50.7 Å². The van der Waals surface area contributed by atoms with Gasteiger partial charge in [-0.25, -0.2) is 4.98 Å². The van der Waals surface area contributed by atoms with Gasteiger partial charge in [-0.15, -0.1) is 5.10 Å². The van der Waals surface area contributed by atoms with Crippen LogP contribution in [0.4, 0.5) is 24.7 Å². The van der Waals surface area contributed by atoms with Crippen LogP contribution in [-0.4, -0.2) is 15.2 Å². The summed E-state index contributed by atoms with van der Waals surface area (Å²) in [4.78, 5) is 3.41. The van der Waals surface area contributed by atoms with Crippen LogP contribution in [0.15, 0.2) is 42.6 Å². The fourth-order valence-electron chi connectivity index (χ4n) is 2.10. The summed E-state index contributed by atoms with van der Waals surface area (Å²) in [5, 5.41) is 12.8. The van der Waals surface area contributed by atoms with Crippen LogP contribution in [0.3, 0.4) is 0 Å². The van der Waals surface area contributed by atoms with E-state index < -0.39 is 11.9 Å². The van der Waals surface area contributed by atoms with Crippen molar-refractivity contribution in [3.63, 3.8) is 0 Å². The Balaban J connectivity index is 1.95. The number of hydrogen-bond donors (Lipinski definition) is 1.